The lowest BCUT2D eigenvalue weighted by molar-refractivity contribution is -0.142. The van der Waals surface area contributed by atoms with E-state index in [4.69, 9.17) is 15.2 Å². The molecule has 8 nitrogen and oxygen atoms in total. The van der Waals surface area contributed by atoms with Crippen LogP contribution < -0.4 is 15.8 Å². The molecular weight excluding hydrogens is 420 g/mol. The van der Waals surface area contributed by atoms with E-state index in [0.717, 1.165) is 29.7 Å². The molecule has 2 aromatic rings. The summed E-state index contributed by atoms with van der Waals surface area (Å²) in [6.07, 6.45) is 5.20. The molecule has 2 amide bonds. The van der Waals surface area contributed by atoms with Gasteiger partial charge in [0.05, 0.1) is 12.7 Å². The first-order valence-electron chi connectivity index (χ1n) is 9.74. The van der Waals surface area contributed by atoms with E-state index >= 15 is 0 Å². The predicted octanol–water partition coefficient (Wildman–Crippen LogP) is 2.88. The molecule has 0 radical (unpaired) electrons. The fourth-order valence-electron chi connectivity index (χ4n) is 3.41. The molecule has 0 saturated carbocycles. The number of anilines is 1. The highest BCUT2D eigenvalue weighted by atomic mass is 32.1. The number of phenols is 1. The lowest BCUT2D eigenvalue weighted by atomic mass is 9.88. The average molecular weight is 445 g/mol. The van der Waals surface area contributed by atoms with Crippen molar-refractivity contribution in [1.82, 2.24) is 0 Å². The molecule has 164 valence electrons. The Balaban J connectivity index is 1.59. The number of aromatic hydroxyl groups is 1. The quantitative estimate of drug-likeness (QED) is 0.445. The molecule has 0 fully saturated rings. The van der Waals surface area contributed by atoms with Gasteiger partial charge in [-0.2, -0.15) is 0 Å². The van der Waals surface area contributed by atoms with Crippen LogP contribution in [-0.4, -0.2) is 36.6 Å². The number of amides is 2. The van der Waals surface area contributed by atoms with E-state index in [2.05, 4.69) is 12.2 Å². The van der Waals surface area contributed by atoms with Crippen LogP contribution in [0.1, 0.15) is 39.7 Å². The summed E-state index contributed by atoms with van der Waals surface area (Å²) in [6, 6.07) is 4.59. The zero-order valence-corrected chi connectivity index (χ0v) is 18.1. The Kier molecular flexibility index (Phi) is 6.96. The fourth-order valence-corrected chi connectivity index (χ4v) is 4.84. The van der Waals surface area contributed by atoms with Crippen molar-refractivity contribution < 1.29 is 29.0 Å². The third kappa shape index (κ3) is 5.43. The monoisotopic (exact) mass is 444 g/mol. The van der Waals surface area contributed by atoms with Gasteiger partial charge in [0, 0.05) is 11.0 Å². The Labute approximate surface area is 183 Å². The molecule has 0 aliphatic heterocycles. The van der Waals surface area contributed by atoms with Crippen molar-refractivity contribution in [2.75, 3.05) is 19.0 Å². The van der Waals surface area contributed by atoms with Gasteiger partial charge in [0.2, 0.25) is 0 Å². The number of esters is 1. The molecule has 0 spiro atoms. The largest absolute Gasteiger partial charge is 0.504 e. The molecule has 31 heavy (non-hydrogen) atoms. The van der Waals surface area contributed by atoms with Crippen molar-refractivity contribution in [2.24, 2.45) is 11.7 Å². The number of hydrogen-bond donors (Lipinski definition) is 3. The number of carbonyl (C=O) groups is 3. The molecule has 1 atom stereocenters. The summed E-state index contributed by atoms with van der Waals surface area (Å²) in [5.74, 6) is -1.07. The zero-order valence-electron chi connectivity index (χ0n) is 17.3. The van der Waals surface area contributed by atoms with Crippen molar-refractivity contribution in [1.29, 1.82) is 0 Å². The number of rotatable bonds is 7. The highest BCUT2D eigenvalue weighted by Crippen LogP contribution is 2.39. The van der Waals surface area contributed by atoms with Gasteiger partial charge < -0.3 is 25.6 Å². The van der Waals surface area contributed by atoms with Gasteiger partial charge >= 0.3 is 5.97 Å². The van der Waals surface area contributed by atoms with E-state index in [9.17, 15) is 19.5 Å². The van der Waals surface area contributed by atoms with E-state index in [-0.39, 0.29) is 11.5 Å². The van der Waals surface area contributed by atoms with Gasteiger partial charge in [-0.1, -0.05) is 13.0 Å². The molecule has 0 bridgehead atoms. The van der Waals surface area contributed by atoms with Gasteiger partial charge in [-0.3, -0.25) is 9.59 Å². The Morgan fingerprint density at radius 3 is 2.84 bits per heavy atom. The van der Waals surface area contributed by atoms with E-state index < -0.39 is 24.4 Å². The summed E-state index contributed by atoms with van der Waals surface area (Å²) in [7, 11) is 1.42. The first kappa shape index (κ1) is 22.4. The second kappa shape index (κ2) is 9.65. The minimum absolute atomic E-state index is 0.0149. The lowest BCUT2D eigenvalue weighted by Gasteiger charge is -2.18. The molecule has 9 heteroatoms. The summed E-state index contributed by atoms with van der Waals surface area (Å²) in [5, 5.41) is 12.6. The first-order chi connectivity index (χ1) is 14.8. The van der Waals surface area contributed by atoms with Crippen molar-refractivity contribution in [3.63, 3.8) is 0 Å². The maximum atomic E-state index is 12.3. The molecule has 1 unspecified atom stereocenters. The molecule has 3 rings (SSSR count). The minimum Gasteiger partial charge on any atom is -0.504 e. The van der Waals surface area contributed by atoms with Crippen LogP contribution in [0.15, 0.2) is 24.3 Å². The molecule has 1 heterocycles. The second-order valence-corrected chi connectivity index (χ2v) is 8.45. The van der Waals surface area contributed by atoms with Crippen molar-refractivity contribution in [3.8, 4) is 11.5 Å². The number of ether oxygens (including phenoxy) is 2. The van der Waals surface area contributed by atoms with E-state index in [0.29, 0.717) is 22.0 Å². The summed E-state index contributed by atoms with van der Waals surface area (Å²) < 4.78 is 9.97. The molecule has 0 saturated heterocycles. The topological polar surface area (TPSA) is 128 Å². The average Bonchev–Trinajstić information content (AvgIpc) is 3.08. The number of nitrogens with two attached hydrogens (primary N) is 1. The highest BCUT2D eigenvalue weighted by molar-refractivity contribution is 7.17. The van der Waals surface area contributed by atoms with E-state index in [1.165, 1.54) is 36.7 Å². The van der Waals surface area contributed by atoms with Gasteiger partial charge in [0.25, 0.3) is 11.8 Å². The van der Waals surface area contributed by atoms with Crippen LogP contribution in [0, 0.1) is 5.92 Å². The number of fused-ring (bicyclic) bond motifs is 1. The third-order valence-electron chi connectivity index (χ3n) is 4.97. The van der Waals surface area contributed by atoms with Crippen LogP contribution in [0.4, 0.5) is 5.00 Å². The Bertz CT molecular complexity index is 1040. The Morgan fingerprint density at radius 1 is 1.35 bits per heavy atom. The number of phenolic OH excluding ortho intramolecular Hbond substituents is 1. The van der Waals surface area contributed by atoms with Crippen molar-refractivity contribution >= 4 is 40.2 Å². The zero-order chi connectivity index (χ0) is 22.5. The normalized spacial score (nSPS) is 15.4. The number of benzene rings is 1. The molecule has 1 aromatic heterocycles. The number of primary amides is 1. The van der Waals surface area contributed by atoms with Gasteiger partial charge in [-0.25, -0.2) is 4.79 Å². The van der Waals surface area contributed by atoms with Crippen LogP contribution in [0.5, 0.6) is 11.5 Å². The number of carbonyl (C=O) groups excluding carboxylic acids is 3. The van der Waals surface area contributed by atoms with Crippen LogP contribution in [0.2, 0.25) is 0 Å². The number of thiophene rings is 1. The minimum atomic E-state index is -0.711. The van der Waals surface area contributed by atoms with Gasteiger partial charge in [-0.05, 0) is 54.5 Å². The van der Waals surface area contributed by atoms with Crippen molar-refractivity contribution in [2.45, 2.75) is 26.2 Å². The van der Waals surface area contributed by atoms with E-state index in [1.807, 2.05) is 0 Å². The van der Waals surface area contributed by atoms with E-state index in [1.54, 1.807) is 12.1 Å². The van der Waals surface area contributed by atoms with Crippen LogP contribution in [0.3, 0.4) is 0 Å². The van der Waals surface area contributed by atoms with Crippen LogP contribution in [0.25, 0.3) is 6.08 Å². The molecule has 1 aliphatic rings. The second-order valence-electron chi connectivity index (χ2n) is 7.34. The standard InChI is InChI=1S/C22H24N2O6S/c1-12-3-6-14-17(9-12)31-22(20(14)21(23)28)24-18(26)11-30-19(27)8-5-13-4-7-15(25)16(10-13)29-2/h4-5,7-8,10,12,25H,3,6,9,11H2,1-2H3,(H2,23,28)(H,24,26). The number of methoxy groups -OCH3 is 1. The number of nitrogens with one attached hydrogen (secondary N) is 1. The molecular formula is C22H24N2O6S. The third-order valence-corrected chi connectivity index (χ3v) is 6.14. The Morgan fingerprint density at radius 2 is 2.13 bits per heavy atom. The maximum Gasteiger partial charge on any atom is 0.331 e. The summed E-state index contributed by atoms with van der Waals surface area (Å²) >= 11 is 1.35. The van der Waals surface area contributed by atoms with Gasteiger partial charge in [-0.15, -0.1) is 11.3 Å². The van der Waals surface area contributed by atoms with Gasteiger partial charge in [0.1, 0.15) is 5.00 Å². The highest BCUT2D eigenvalue weighted by Gasteiger charge is 2.27. The predicted molar refractivity (Wildman–Crippen MR) is 117 cm³/mol. The van der Waals surface area contributed by atoms with Crippen LogP contribution >= 0.6 is 11.3 Å². The van der Waals surface area contributed by atoms with Crippen molar-refractivity contribution in [3.05, 3.63) is 45.8 Å². The summed E-state index contributed by atoms with van der Waals surface area (Å²) in [5.41, 5.74) is 7.42. The molecule has 1 aromatic carbocycles. The number of hydrogen-bond acceptors (Lipinski definition) is 7. The maximum absolute atomic E-state index is 12.3. The SMILES string of the molecule is COc1cc(C=CC(=O)OCC(=O)Nc2sc3c(c2C(N)=O)CCC(C)C3)ccc1O. The molecule has 1 aliphatic carbocycles. The smallest absolute Gasteiger partial charge is 0.331 e. The van der Waals surface area contributed by atoms with Gasteiger partial charge in [0.15, 0.2) is 18.1 Å². The fraction of sp³-hybridized carbons (Fsp3) is 0.318. The molecule has 4 N–H and O–H groups in total. The lowest BCUT2D eigenvalue weighted by Crippen LogP contribution is -2.22. The first-order valence-corrected chi connectivity index (χ1v) is 10.6. The summed E-state index contributed by atoms with van der Waals surface area (Å²) in [6.45, 7) is 1.64. The Hall–Kier alpha value is -3.33. The van der Waals surface area contributed by atoms with Crippen LogP contribution in [-0.2, 0) is 27.2 Å². The summed E-state index contributed by atoms with van der Waals surface area (Å²) in [4.78, 5) is 37.2.